The molecule has 0 fully saturated rings. The molecule has 3 aromatic rings. The summed E-state index contributed by atoms with van der Waals surface area (Å²) < 4.78 is 5.35. The Morgan fingerprint density at radius 2 is 2.06 bits per heavy atom. The number of halogens is 1. The minimum absolute atomic E-state index is 0.160. The zero-order valence-electron chi connectivity index (χ0n) is 17.7. The van der Waals surface area contributed by atoms with Crippen molar-refractivity contribution in [2.75, 3.05) is 13.7 Å². The predicted molar refractivity (Wildman–Crippen MR) is 123 cm³/mol. The Hall–Kier alpha value is -2.63. The summed E-state index contributed by atoms with van der Waals surface area (Å²) in [5.41, 5.74) is 4.86. The van der Waals surface area contributed by atoms with Crippen molar-refractivity contribution in [3.63, 3.8) is 0 Å². The molecule has 162 valence electrons. The smallest absolute Gasteiger partial charge is 0.272 e. The standard InChI is InChI=1S/C25H28ClN3O2/c1-31-16-22(18-9-3-2-4-10-18)27-25(30)24-21-13-6-5-11-19(23(21)28-29-24)14-17-8-7-12-20(26)15-17/h2-4,7-10,12,15,19,22H,5-6,11,13-14,16H2,1H3,(H,27,30)(H,28,29)/t19-,22-/m0/s1. The molecule has 4 rings (SSSR count). The monoisotopic (exact) mass is 437 g/mol. The summed E-state index contributed by atoms with van der Waals surface area (Å²) >= 11 is 6.18. The number of H-pyrrole nitrogens is 1. The van der Waals surface area contributed by atoms with E-state index in [2.05, 4.69) is 21.6 Å². The van der Waals surface area contributed by atoms with E-state index in [1.807, 2.05) is 48.5 Å². The van der Waals surface area contributed by atoms with Gasteiger partial charge in [-0.1, -0.05) is 60.5 Å². The molecule has 1 amide bonds. The second-order valence-electron chi connectivity index (χ2n) is 8.13. The van der Waals surface area contributed by atoms with Crippen LogP contribution in [0.4, 0.5) is 0 Å². The number of carbonyl (C=O) groups excluding carboxylic acids is 1. The predicted octanol–water partition coefficient (Wildman–Crippen LogP) is 5.23. The molecule has 1 aromatic heterocycles. The van der Waals surface area contributed by atoms with Crippen LogP contribution in [-0.4, -0.2) is 29.8 Å². The van der Waals surface area contributed by atoms with Gasteiger partial charge in [-0.3, -0.25) is 9.89 Å². The highest BCUT2D eigenvalue weighted by Crippen LogP contribution is 2.34. The minimum Gasteiger partial charge on any atom is -0.382 e. The van der Waals surface area contributed by atoms with Crippen LogP contribution < -0.4 is 5.32 Å². The van der Waals surface area contributed by atoms with Crippen molar-refractivity contribution < 1.29 is 9.53 Å². The first kappa shape index (κ1) is 21.6. The molecule has 1 heterocycles. The fourth-order valence-corrected chi connectivity index (χ4v) is 4.66. The number of nitrogens with zero attached hydrogens (tertiary/aromatic N) is 1. The second kappa shape index (κ2) is 10.1. The Bertz CT molecular complexity index is 1020. The second-order valence-corrected chi connectivity index (χ2v) is 8.57. The Kier molecular flexibility index (Phi) is 7.05. The number of benzene rings is 2. The molecule has 0 radical (unpaired) electrons. The summed E-state index contributed by atoms with van der Waals surface area (Å²) in [6.45, 7) is 0.403. The van der Waals surface area contributed by atoms with Gasteiger partial charge in [0, 0.05) is 29.3 Å². The lowest BCUT2D eigenvalue weighted by Gasteiger charge is -2.18. The zero-order valence-corrected chi connectivity index (χ0v) is 18.5. The molecule has 0 saturated carbocycles. The van der Waals surface area contributed by atoms with Crippen LogP contribution in [0.25, 0.3) is 0 Å². The van der Waals surface area contributed by atoms with Crippen LogP contribution in [-0.2, 0) is 17.6 Å². The largest absolute Gasteiger partial charge is 0.382 e. The molecule has 0 unspecified atom stereocenters. The van der Waals surface area contributed by atoms with E-state index in [0.717, 1.165) is 53.9 Å². The Balaban J connectivity index is 1.56. The van der Waals surface area contributed by atoms with Gasteiger partial charge in [0.2, 0.25) is 0 Å². The normalized spacial score (nSPS) is 16.9. The van der Waals surface area contributed by atoms with Crippen molar-refractivity contribution in [2.45, 2.75) is 44.1 Å². The van der Waals surface area contributed by atoms with Gasteiger partial charge >= 0.3 is 0 Å². The number of ether oxygens (including phenoxy) is 1. The van der Waals surface area contributed by atoms with Gasteiger partial charge < -0.3 is 10.1 Å². The van der Waals surface area contributed by atoms with Gasteiger partial charge in [-0.05, 0) is 48.9 Å². The lowest BCUT2D eigenvalue weighted by atomic mass is 9.91. The van der Waals surface area contributed by atoms with Crippen molar-refractivity contribution in [3.05, 3.63) is 87.7 Å². The first-order chi connectivity index (χ1) is 15.2. The molecule has 5 nitrogen and oxygen atoms in total. The van der Waals surface area contributed by atoms with Gasteiger partial charge in [0.25, 0.3) is 5.91 Å². The van der Waals surface area contributed by atoms with Gasteiger partial charge in [0.15, 0.2) is 5.69 Å². The quantitative estimate of drug-likeness (QED) is 0.497. The maximum Gasteiger partial charge on any atom is 0.272 e. The van der Waals surface area contributed by atoms with E-state index < -0.39 is 0 Å². The van der Waals surface area contributed by atoms with E-state index in [9.17, 15) is 4.79 Å². The highest BCUT2D eigenvalue weighted by atomic mass is 35.5. The van der Waals surface area contributed by atoms with Crippen molar-refractivity contribution in [3.8, 4) is 0 Å². The number of carbonyl (C=O) groups is 1. The van der Waals surface area contributed by atoms with E-state index in [-0.39, 0.29) is 11.9 Å². The van der Waals surface area contributed by atoms with E-state index in [1.165, 1.54) is 5.56 Å². The first-order valence-electron chi connectivity index (χ1n) is 10.8. The summed E-state index contributed by atoms with van der Waals surface area (Å²) in [7, 11) is 1.64. The molecule has 6 heteroatoms. The van der Waals surface area contributed by atoms with Gasteiger partial charge in [-0.15, -0.1) is 0 Å². The lowest BCUT2D eigenvalue weighted by molar-refractivity contribution is 0.0890. The number of rotatable bonds is 7. The van der Waals surface area contributed by atoms with Crippen LogP contribution >= 0.6 is 11.6 Å². The topological polar surface area (TPSA) is 67.0 Å². The molecule has 31 heavy (non-hydrogen) atoms. The number of fused-ring (bicyclic) bond motifs is 1. The van der Waals surface area contributed by atoms with Crippen molar-refractivity contribution in [2.24, 2.45) is 0 Å². The van der Waals surface area contributed by atoms with Crippen LogP contribution in [0, 0.1) is 0 Å². The molecular formula is C25H28ClN3O2. The van der Waals surface area contributed by atoms with E-state index >= 15 is 0 Å². The maximum absolute atomic E-state index is 13.2. The SMILES string of the molecule is COC[C@H](NC(=O)c1n[nH]c2c1CCCC[C@H]2Cc1cccc(Cl)c1)c1ccccc1. The number of aromatic amines is 1. The van der Waals surface area contributed by atoms with Gasteiger partial charge in [-0.25, -0.2) is 0 Å². The van der Waals surface area contributed by atoms with E-state index in [0.29, 0.717) is 18.2 Å². The number of nitrogens with one attached hydrogen (secondary N) is 2. The summed E-state index contributed by atoms with van der Waals surface area (Å²) in [4.78, 5) is 13.2. The van der Waals surface area contributed by atoms with Crippen LogP contribution in [0.2, 0.25) is 5.02 Å². The van der Waals surface area contributed by atoms with Gasteiger partial charge in [0.05, 0.1) is 12.6 Å². The molecule has 0 saturated heterocycles. The molecular weight excluding hydrogens is 410 g/mol. The molecule has 2 N–H and O–H groups in total. The summed E-state index contributed by atoms with van der Waals surface area (Å²) in [6.07, 6.45) is 5.00. The zero-order chi connectivity index (χ0) is 21.6. The third-order valence-corrected chi connectivity index (χ3v) is 6.20. The van der Waals surface area contributed by atoms with Crippen LogP contribution in [0.3, 0.4) is 0 Å². The fraction of sp³-hybridized carbons (Fsp3) is 0.360. The van der Waals surface area contributed by atoms with Crippen molar-refractivity contribution in [1.29, 1.82) is 0 Å². The molecule has 1 aliphatic carbocycles. The molecule has 1 aliphatic rings. The Morgan fingerprint density at radius 1 is 1.23 bits per heavy atom. The van der Waals surface area contributed by atoms with E-state index in [1.54, 1.807) is 7.11 Å². The van der Waals surface area contributed by atoms with Gasteiger partial charge in [-0.2, -0.15) is 5.10 Å². The Labute approximate surface area is 188 Å². The Morgan fingerprint density at radius 3 is 2.84 bits per heavy atom. The maximum atomic E-state index is 13.2. The molecule has 2 atom stereocenters. The molecule has 0 aliphatic heterocycles. The summed E-state index contributed by atoms with van der Waals surface area (Å²) in [5, 5.41) is 11.5. The highest BCUT2D eigenvalue weighted by molar-refractivity contribution is 6.30. The minimum atomic E-state index is -0.223. The van der Waals surface area contributed by atoms with Gasteiger partial charge in [0.1, 0.15) is 0 Å². The number of hydrogen-bond acceptors (Lipinski definition) is 3. The van der Waals surface area contributed by atoms with Crippen molar-refractivity contribution >= 4 is 17.5 Å². The van der Waals surface area contributed by atoms with Crippen LogP contribution in [0.15, 0.2) is 54.6 Å². The average molecular weight is 438 g/mol. The lowest BCUT2D eigenvalue weighted by Crippen LogP contribution is -2.32. The van der Waals surface area contributed by atoms with Crippen LogP contribution in [0.1, 0.15) is 64.1 Å². The van der Waals surface area contributed by atoms with E-state index in [4.69, 9.17) is 16.3 Å². The third kappa shape index (κ3) is 5.17. The number of amides is 1. The average Bonchev–Trinajstić information content (AvgIpc) is 3.10. The molecule has 0 spiro atoms. The fourth-order valence-electron chi connectivity index (χ4n) is 4.45. The number of aromatic nitrogens is 2. The molecule has 2 aromatic carbocycles. The summed E-state index contributed by atoms with van der Waals surface area (Å²) in [5.74, 6) is 0.140. The van der Waals surface area contributed by atoms with Crippen LogP contribution in [0.5, 0.6) is 0 Å². The van der Waals surface area contributed by atoms with Crippen molar-refractivity contribution in [1.82, 2.24) is 15.5 Å². The molecule has 0 bridgehead atoms. The number of hydrogen-bond donors (Lipinski definition) is 2. The highest BCUT2D eigenvalue weighted by Gasteiger charge is 2.28. The summed E-state index contributed by atoms with van der Waals surface area (Å²) in [6, 6.07) is 17.7. The number of methoxy groups -OCH3 is 1. The first-order valence-corrected chi connectivity index (χ1v) is 11.2. The third-order valence-electron chi connectivity index (χ3n) is 5.96.